The summed E-state index contributed by atoms with van der Waals surface area (Å²) in [5.41, 5.74) is -0.629. The third kappa shape index (κ3) is 23.0. The van der Waals surface area contributed by atoms with Gasteiger partial charge in [0.15, 0.2) is 0 Å². The van der Waals surface area contributed by atoms with Gasteiger partial charge in [-0.05, 0) is 0 Å². The molecule has 0 radical (unpaired) electrons. The van der Waals surface area contributed by atoms with Crippen molar-refractivity contribution in [3.05, 3.63) is 0 Å². The van der Waals surface area contributed by atoms with Crippen molar-refractivity contribution in [3.8, 4) is 0 Å². The Morgan fingerprint density at radius 2 is 1.20 bits per heavy atom. The van der Waals surface area contributed by atoms with E-state index in [1.54, 1.807) is 0 Å². The molecule has 240 valence electrons. The summed E-state index contributed by atoms with van der Waals surface area (Å²) in [4.78, 5) is 57.6. The molecule has 0 rings (SSSR count). The molecule has 0 fully saturated rings. The Balaban J connectivity index is 4.81. The molecule has 41 heavy (non-hydrogen) atoms. The van der Waals surface area contributed by atoms with Crippen molar-refractivity contribution < 1.29 is 111 Å². The summed E-state index contributed by atoms with van der Waals surface area (Å²) < 4.78 is 45.1. The molecule has 0 aliphatic rings. The molecule has 0 aromatic heterocycles. The van der Waals surface area contributed by atoms with Crippen molar-refractivity contribution in [2.24, 2.45) is 0 Å². The second-order valence-electron chi connectivity index (χ2n) is 7.38. The Hall–Kier alpha value is -0.170. The van der Waals surface area contributed by atoms with Crippen LogP contribution in [0.5, 0.6) is 0 Å². The number of carbonyl (C=O) groups is 5. The first kappa shape index (κ1) is 40.8. The zero-order valence-electron chi connectivity index (χ0n) is 21.8. The van der Waals surface area contributed by atoms with Gasteiger partial charge in [0.1, 0.15) is 0 Å². The van der Waals surface area contributed by atoms with Crippen LogP contribution in [0.3, 0.4) is 0 Å². The molecule has 21 heteroatoms. The van der Waals surface area contributed by atoms with Crippen molar-refractivity contribution in [3.63, 3.8) is 0 Å². The average Bonchev–Trinajstić information content (AvgIpc) is 2.95. The third-order valence-electron chi connectivity index (χ3n) is 4.13. The van der Waals surface area contributed by atoms with E-state index in [9.17, 15) is 29.1 Å². The Morgan fingerprint density at radius 1 is 0.732 bits per heavy atom. The fraction of sp³-hybridized carbons (Fsp3) is 0.750. The normalized spacial score (nSPS) is 14.1. The molecule has 0 amide bonds. The molecule has 0 aromatic carbocycles. The van der Waals surface area contributed by atoms with E-state index < -0.39 is 103 Å². The van der Waals surface area contributed by atoms with Gasteiger partial charge in [-0.3, -0.25) is 4.79 Å². The quantitative estimate of drug-likeness (QED) is 0.0159. The molecule has 1 N–H and O–H groups in total. The molecular weight excluding hydrogens is 861 g/mol. The number of ether oxygens (including phenoxy) is 9. The molecule has 0 bridgehead atoms. The monoisotopic (exact) mass is 892 g/mol. The van der Waals surface area contributed by atoms with Crippen molar-refractivity contribution >= 4 is 64.4 Å². The number of hydrogen-bond donors (Lipinski definition) is 3. The van der Waals surface area contributed by atoms with Gasteiger partial charge < -0.3 is 4.74 Å². The van der Waals surface area contributed by atoms with Gasteiger partial charge in [0.25, 0.3) is 0 Å². The van der Waals surface area contributed by atoms with Gasteiger partial charge in [-0.25, -0.2) is 0 Å². The van der Waals surface area contributed by atoms with E-state index >= 15 is 0 Å². The minimum atomic E-state index is -1.22. The van der Waals surface area contributed by atoms with Gasteiger partial charge in [-0.15, -0.1) is 0 Å². The molecular formula is C20H31I2O15PS3-2. The number of hydrogen-bond acceptors (Lipinski definition) is 18. The number of aliphatic hydroxyl groups excluding tert-OH is 1. The second-order valence-corrected chi connectivity index (χ2v) is 13.5. The molecule has 0 saturated carbocycles. The number of aliphatic hydroxyl groups is 1. The first-order valence-corrected chi connectivity index (χ1v) is 21.8. The van der Waals surface area contributed by atoms with E-state index in [-0.39, 0.29) is 53.6 Å². The maximum atomic E-state index is 11.8. The fourth-order valence-corrected chi connectivity index (χ4v) is 4.28. The van der Waals surface area contributed by atoms with Crippen LogP contribution in [0.2, 0.25) is 0 Å². The number of halogens is 2. The zero-order chi connectivity index (χ0) is 31.0. The summed E-state index contributed by atoms with van der Waals surface area (Å²) in [6.07, 6.45) is -4.31. The Bertz CT molecular complexity index is 829. The van der Waals surface area contributed by atoms with Gasteiger partial charge in [-0.1, -0.05) is 0 Å². The summed E-state index contributed by atoms with van der Waals surface area (Å²) in [6.45, 7) is -1.34. The Morgan fingerprint density at radius 3 is 1.61 bits per heavy atom. The Kier molecular flexibility index (Phi) is 26.1. The van der Waals surface area contributed by atoms with Crippen LogP contribution in [-0.4, -0.2) is 122 Å². The molecule has 0 saturated heterocycles. The van der Waals surface area contributed by atoms with Crippen molar-refractivity contribution in [1.29, 1.82) is 0 Å². The Labute approximate surface area is 271 Å². The van der Waals surface area contributed by atoms with Crippen molar-refractivity contribution in [2.75, 3.05) is 67.1 Å². The van der Waals surface area contributed by atoms with Crippen LogP contribution < -0.4 is 39.6 Å². The zero-order valence-corrected chi connectivity index (χ0v) is 29.7. The molecule has 0 heterocycles. The molecule has 0 aliphatic carbocycles. The third-order valence-corrected chi connectivity index (χ3v) is 7.98. The van der Waals surface area contributed by atoms with Gasteiger partial charge >= 0.3 is 257 Å². The van der Waals surface area contributed by atoms with Crippen molar-refractivity contribution in [1.82, 2.24) is 0 Å². The van der Waals surface area contributed by atoms with E-state index in [4.69, 9.17) is 37.9 Å². The maximum absolute atomic E-state index is 11.8. The average molecular weight is 892 g/mol. The van der Waals surface area contributed by atoms with E-state index in [1.807, 2.05) is 0 Å². The van der Waals surface area contributed by atoms with Gasteiger partial charge in [0.05, 0.1) is 7.11 Å². The second kappa shape index (κ2) is 26.3. The summed E-state index contributed by atoms with van der Waals surface area (Å²) >= 11 is 2.28. The first-order chi connectivity index (χ1) is 19.6. The van der Waals surface area contributed by atoms with E-state index in [0.717, 1.165) is 7.11 Å². The molecule has 4 atom stereocenters. The predicted octanol–water partition coefficient (Wildman–Crippen LogP) is -5.06. The van der Waals surface area contributed by atoms with Crippen LogP contribution in [0, 0.1) is 0 Å². The predicted molar refractivity (Wildman–Crippen MR) is 141 cm³/mol. The fourth-order valence-electron chi connectivity index (χ4n) is 2.48. The van der Waals surface area contributed by atoms with Crippen LogP contribution in [0.15, 0.2) is 0 Å². The number of methoxy groups -OCH3 is 2. The summed E-state index contributed by atoms with van der Waals surface area (Å²) in [5.74, 6) is -1.66. The standard InChI is InChI=1S/C20H31I2O15PS3/c1-29-6-13(37-20(28)38-41)7-32-10-15(36-19(27)22-40)11-33-9-14(35-18(26)21-39)8-31-4-12(23)5-34-17(25)3-16(24)30-2/h12-15,23,39-40H,3-11H2,1-2H3/q-2. The number of thiol groups is 2. The molecule has 0 spiro atoms. The molecule has 0 aliphatic heterocycles. The van der Waals surface area contributed by atoms with Gasteiger partial charge in [-0.2, -0.15) is 0 Å². The summed E-state index contributed by atoms with van der Waals surface area (Å²) in [6, 6.07) is 0. The van der Waals surface area contributed by atoms with Gasteiger partial charge in [0, 0.05) is 0 Å². The molecule has 0 aromatic rings. The topological polar surface area (TPSA) is 189 Å². The molecule has 4 unspecified atom stereocenters. The first-order valence-electron chi connectivity index (χ1n) is 11.2. The van der Waals surface area contributed by atoms with E-state index in [0.29, 0.717) is 0 Å². The minimum absolute atomic E-state index is 0.00843. The van der Waals surface area contributed by atoms with Crippen molar-refractivity contribution in [2.45, 2.75) is 30.8 Å². The van der Waals surface area contributed by atoms with E-state index in [1.165, 1.54) is 7.11 Å². The SMILES string of the molecule is COCC(COCC(COCC(COCC(O)COC(=O)CC(=O)OC)OC(=O)[I-]S)OC(=O)[I-]S)OC(=O)P=S. The number of esters is 2. The van der Waals surface area contributed by atoms with Crippen LogP contribution >= 0.6 is 27.0 Å². The number of carbonyl (C=O) groups excluding carboxylic acids is 5. The van der Waals surface area contributed by atoms with Gasteiger partial charge in [0.2, 0.25) is 0 Å². The van der Waals surface area contributed by atoms with Crippen LogP contribution in [0.1, 0.15) is 6.42 Å². The molecule has 15 nitrogen and oxygen atoms in total. The summed E-state index contributed by atoms with van der Waals surface area (Å²) in [5, 5.41) is 9.93. The van der Waals surface area contributed by atoms with Crippen LogP contribution in [-0.2, 0) is 64.0 Å². The van der Waals surface area contributed by atoms with Crippen LogP contribution in [0.25, 0.3) is 0 Å². The number of rotatable bonds is 24. The summed E-state index contributed by atoms with van der Waals surface area (Å²) in [7, 11) is 10.5. The van der Waals surface area contributed by atoms with E-state index in [2.05, 4.69) is 36.1 Å². The van der Waals surface area contributed by atoms with Crippen LogP contribution in [0.4, 0.5) is 14.4 Å².